The highest BCUT2D eigenvalue weighted by molar-refractivity contribution is 5.88. The van der Waals surface area contributed by atoms with Crippen molar-refractivity contribution < 1.29 is 48.4 Å². The number of carbonyl (C=O) groups excluding carboxylic acids is 2. The van der Waals surface area contributed by atoms with E-state index in [1.54, 1.807) is 76.6 Å². The van der Waals surface area contributed by atoms with Crippen molar-refractivity contribution in [2.75, 3.05) is 27.4 Å². The molecule has 0 radical (unpaired) electrons. The Morgan fingerprint density at radius 1 is 0.609 bits per heavy atom. The van der Waals surface area contributed by atoms with E-state index in [0.717, 1.165) is 21.5 Å². The number of hydrogen-bond acceptors (Lipinski definition) is 12. The van der Waals surface area contributed by atoms with E-state index in [1.807, 2.05) is 24.3 Å². The maximum Gasteiger partial charge on any atom is 0.313 e. The number of benzene rings is 4. The Hall–Kier alpha value is -5.66. The van der Waals surface area contributed by atoms with Gasteiger partial charge in [0.2, 0.25) is 0 Å². The largest absolute Gasteiger partial charge is 0.497 e. The third kappa shape index (κ3) is 8.28. The highest BCUT2D eigenvalue weighted by Gasteiger charge is 2.33. The van der Waals surface area contributed by atoms with Crippen LogP contribution >= 0.6 is 0 Å². The summed E-state index contributed by atoms with van der Waals surface area (Å²) in [4.78, 5) is 57.5. The van der Waals surface area contributed by atoms with E-state index < -0.39 is 59.4 Å². The molecule has 14 nitrogen and oxygen atoms in total. The topological polar surface area (TPSA) is 176 Å². The van der Waals surface area contributed by atoms with Gasteiger partial charge in [0.25, 0.3) is 10.2 Å². The van der Waals surface area contributed by atoms with Crippen LogP contribution in [0.5, 0.6) is 11.5 Å². The van der Waals surface area contributed by atoms with E-state index in [9.17, 15) is 29.8 Å². The Balaban J connectivity index is 1.43. The van der Waals surface area contributed by atoms with Gasteiger partial charge in [0.1, 0.15) is 24.7 Å². The predicted octanol–water partition coefficient (Wildman–Crippen LogP) is 5.16. The first-order valence-corrected chi connectivity index (χ1v) is 14.1. The molecule has 0 fully saturated rings. The number of ether oxygens (including phenoxy) is 4. The van der Waals surface area contributed by atoms with E-state index in [2.05, 4.69) is 9.68 Å². The number of nitrogens with zero attached hydrogens (tertiary/aromatic N) is 2. The molecule has 0 saturated carbocycles. The fourth-order valence-electron chi connectivity index (χ4n) is 4.76. The highest BCUT2D eigenvalue weighted by Crippen LogP contribution is 2.27. The Bertz CT molecular complexity index is 1620. The minimum Gasteiger partial charge on any atom is -0.497 e. The van der Waals surface area contributed by atoms with Gasteiger partial charge >= 0.3 is 11.9 Å². The lowest BCUT2D eigenvalue weighted by Gasteiger charge is -2.24. The van der Waals surface area contributed by atoms with Crippen molar-refractivity contribution in [3.63, 3.8) is 0 Å². The summed E-state index contributed by atoms with van der Waals surface area (Å²) in [5.41, 5.74) is 1.20. The molecule has 4 atom stereocenters. The molecule has 0 spiro atoms. The molecule has 4 rings (SSSR count). The van der Waals surface area contributed by atoms with Crippen molar-refractivity contribution >= 4 is 33.5 Å². The number of methoxy groups -OCH3 is 2. The summed E-state index contributed by atoms with van der Waals surface area (Å²) in [7, 11) is 3.11. The first-order valence-electron chi connectivity index (χ1n) is 14.1. The molecule has 0 bridgehead atoms. The van der Waals surface area contributed by atoms with Crippen molar-refractivity contribution in [1.29, 1.82) is 0 Å². The van der Waals surface area contributed by atoms with Crippen molar-refractivity contribution in [2.45, 2.75) is 37.9 Å². The van der Waals surface area contributed by atoms with Crippen LogP contribution in [0.1, 0.15) is 36.8 Å². The number of esters is 2. The molecule has 242 valence electrons. The summed E-state index contributed by atoms with van der Waals surface area (Å²) in [6.07, 6.45) is -3.58. The van der Waals surface area contributed by atoms with Crippen molar-refractivity contribution in [2.24, 2.45) is 0 Å². The van der Waals surface area contributed by atoms with Gasteiger partial charge in [0, 0.05) is 0 Å². The van der Waals surface area contributed by atoms with Crippen LogP contribution in [0.15, 0.2) is 72.8 Å². The van der Waals surface area contributed by atoms with Crippen LogP contribution < -0.4 is 9.47 Å². The van der Waals surface area contributed by atoms with Gasteiger partial charge in [-0.25, -0.2) is 0 Å². The van der Waals surface area contributed by atoms with Gasteiger partial charge in [0.05, 0.1) is 26.1 Å². The van der Waals surface area contributed by atoms with E-state index >= 15 is 0 Å². The second kappa shape index (κ2) is 14.9. The van der Waals surface area contributed by atoms with Gasteiger partial charge in [-0.05, 0) is 70.8 Å². The second-order valence-electron chi connectivity index (χ2n) is 10.4. The van der Waals surface area contributed by atoms with Crippen LogP contribution in [0.25, 0.3) is 21.5 Å². The van der Waals surface area contributed by atoms with Crippen LogP contribution in [0.3, 0.4) is 0 Å². The summed E-state index contributed by atoms with van der Waals surface area (Å²) in [5, 5.41) is 23.5. The highest BCUT2D eigenvalue weighted by atomic mass is 17.0. The fourth-order valence-corrected chi connectivity index (χ4v) is 4.76. The Morgan fingerprint density at radius 3 is 1.30 bits per heavy atom. The standard InChI is InChI=1S/C32H32N2O12/c1-19(21-5-7-25-15-27(41-3)11-9-23(25)13-21)31(35)43-17-29(45-33(37)38)30(46-34(39)40)18-44-32(36)20(2)22-6-8-26-16-28(42-4)12-10-24(26)14-22/h5-16,19-20,29-30H,17-18H2,1-4H3/t19-,20-,29-,30-/m0/s1. The molecule has 0 aliphatic heterocycles. The summed E-state index contributed by atoms with van der Waals surface area (Å²) < 4.78 is 21.0. The van der Waals surface area contributed by atoms with Crippen LogP contribution in [0.4, 0.5) is 0 Å². The van der Waals surface area contributed by atoms with Crippen LogP contribution in [-0.4, -0.2) is 61.8 Å². The molecule has 14 heteroatoms. The molecule has 0 aliphatic carbocycles. The van der Waals surface area contributed by atoms with Crippen molar-refractivity contribution in [1.82, 2.24) is 0 Å². The molecule has 4 aromatic carbocycles. The third-order valence-corrected chi connectivity index (χ3v) is 7.49. The maximum absolute atomic E-state index is 12.9. The summed E-state index contributed by atoms with van der Waals surface area (Å²) in [6.45, 7) is 1.56. The van der Waals surface area contributed by atoms with E-state index in [-0.39, 0.29) is 0 Å². The molecule has 4 aromatic rings. The van der Waals surface area contributed by atoms with E-state index in [4.69, 9.17) is 18.9 Å². The van der Waals surface area contributed by atoms with Gasteiger partial charge in [-0.3, -0.25) is 9.59 Å². The van der Waals surface area contributed by atoms with Gasteiger partial charge in [-0.1, -0.05) is 48.5 Å². The molecule has 0 aliphatic rings. The van der Waals surface area contributed by atoms with Crippen LogP contribution in [0.2, 0.25) is 0 Å². The normalized spacial score (nSPS) is 13.6. The zero-order valence-corrected chi connectivity index (χ0v) is 25.4. The SMILES string of the molecule is COc1ccc2cc([C@H](C)C(=O)OC[C@H](O[N+](=O)[O-])[C@H](COC(=O)[C@@H](C)c3ccc4cc(OC)ccc4c3)O[N+](=O)[O-])ccc2c1. The molecule has 0 heterocycles. The molecular formula is C32H32N2O12. The number of fused-ring (bicyclic) bond motifs is 2. The van der Waals surface area contributed by atoms with Gasteiger partial charge in [-0.15, -0.1) is 20.2 Å². The van der Waals surface area contributed by atoms with E-state index in [0.29, 0.717) is 22.6 Å². The van der Waals surface area contributed by atoms with Gasteiger partial charge in [-0.2, -0.15) is 0 Å². The molecule has 46 heavy (non-hydrogen) atoms. The summed E-state index contributed by atoms with van der Waals surface area (Å²) in [5.74, 6) is -1.82. The number of hydrogen-bond donors (Lipinski definition) is 0. The summed E-state index contributed by atoms with van der Waals surface area (Å²) in [6, 6.07) is 21.5. The first-order chi connectivity index (χ1) is 22.0. The van der Waals surface area contributed by atoms with Crippen LogP contribution in [-0.2, 0) is 28.7 Å². The minimum atomic E-state index is -1.79. The molecule has 0 aromatic heterocycles. The smallest absolute Gasteiger partial charge is 0.313 e. The monoisotopic (exact) mass is 636 g/mol. The second-order valence-corrected chi connectivity index (χ2v) is 10.4. The van der Waals surface area contributed by atoms with Crippen molar-refractivity contribution in [3.8, 4) is 11.5 Å². The molecule has 0 unspecified atom stereocenters. The van der Waals surface area contributed by atoms with Gasteiger partial charge in [0.15, 0.2) is 12.2 Å². The Labute approximate surface area is 262 Å². The quantitative estimate of drug-likeness (QED) is 0.0953. The average molecular weight is 637 g/mol. The molecule has 0 amide bonds. The molecular weight excluding hydrogens is 604 g/mol. The fraction of sp³-hybridized carbons (Fsp3) is 0.312. The lowest BCUT2D eigenvalue weighted by molar-refractivity contribution is -0.799. The Kier molecular flexibility index (Phi) is 10.8. The number of carbonyl (C=O) groups is 2. The lowest BCUT2D eigenvalue weighted by atomic mass is 9.97. The van der Waals surface area contributed by atoms with Gasteiger partial charge < -0.3 is 28.6 Å². The predicted molar refractivity (Wildman–Crippen MR) is 163 cm³/mol. The summed E-state index contributed by atoms with van der Waals surface area (Å²) >= 11 is 0. The Morgan fingerprint density at radius 2 is 0.957 bits per heavy atom. The minimum absolute atomic E-state index is 0.600. The van der Waals surface area contributed by atoms with E-state index in [1.165, 1.54) is 0 Å². The zero-order chi connectivity index (χ0) is 33.4. The molecule has 0 saturated heterocycles. The first kappa shape index (κ1) is 33.2. The third-order valence-electron chi connectivity index (χ3n) is 7.49. The van der Waals surface area contributed by atoms with Crippen LogP contribution in [0, 0.1) is 20.2 Å². The zero-order valence-electron chi connectivity index (χ0n) is 25.4. The van der Waals surface area contributed by atoms with Crippen molar-refractivity contribution in [3.05, 3.63) is 104 Å². The average Bonchev–Trinajstić information content (AvgIpc) is 3.06. The molecule has 0 N–H and O–H groups in total. The number of rotatable bonds is 15. The maximum atomic E-state index is 12.9. The lowest BCUT2D eigenvalue weighted by Crippen LogP contribution is -2.42.